The predicted octanol–water partition coefficient (Wildman–Crippen LogP) is 4.88. The SMILES string of the molecule is F[C@H]1CNCC[C@H]1Nc1cccc2c(CC(F)(F)F)c(/C=N/OCC3CC3)sc12. The second-order valence-electron chi connectivity index (χ2n) is 7.65. The summed E-state index contributed by atoms with van der Waals surface area (Å²) in [7, 11) is 0. The Bertz CT molecular complexity index is 878. The summed E-state index contributed by atoms with van der Waals surface area (Å²) in [5, 5.41) is 10.6. The summed E-state index contributed by atoms with van der Waals surface area (Å²) in [5.74, 6) is 0.513. The second kappa shape index (κ2) is 8.47. The smallest absolute Gasteiger partial charge is 0.393 e. The van der Waals surface area contributed by atoms with Crippen LogP contribution >= 0.6 is 11.3 Å². The van der Waals surface area contributed by atoms with Gasteiger partial charge in [0.05, 0.1) is 33.9 Å². The summed E-state index contributed by atoms with van der Waals surface area (Å²) in [4.78, 5) is 5.65. The van der Waals surface area contributed by atoms with Crippen LogP contribution in [0.2, 0.25) is 0 Å². The van der Waals surface area contributed by atoms with Gasteiger partial charge in [-0.1, -0.05) is 17.3 Å². The molecule has 2 fully saturated rings. The molecule has 0 radical (unpaired) electrons. The van der Waals surface area contributed by atoms with Crippen molar-refractivity contribution < 1.29 is 22.4 Å². The minimum atomic E-state index is -4.34. The first-order chi connectivity index (χ1) is 13.9. The fourth-order valence-electron chi connectivity index (χ4n) is 3.49. The van der Waals surface area contributed by atoms with Gasteiger partial charge in [0.2, 0.25) is 0 Å². The van der Waals surface area contributed by atoms with Gasteiger partial charge in [-0.05, 0) is 48.7 Å². The van der Waals surface area contributed by atoms with Gasteiger partial charge in [0.15, 0.2) is 0 Å². The third-order valence-corrected chi connectivity index (χ3v) is 6.44. The Morgan fingerprint density at radius 3 is 2.83 bits per heavy atom. The number of thiophene rings is 1. The van der Waals surface area contributed by atoms with Crippen LogP contribution < -0.4 is 10.6 Å². The molecule has 0 spiro atoms. The monoisotopic (exact) mass is 429 g/mol. The summed E-state index contributed by atoms with van der Waals surface area (Å²) in [6.45, 7) is 1.47. The standard InChI is InChI=1S/C20H23F4N3OS/c21-15-9-25-7-6-16(15)27-17-3-1-2-13-14(8-20(22,23)24)18(29-19(13)17)10-26-28-11-12-4-5-12/h1-3,10,12,15-16,25,27H,4-9,11H2/b26-10+/t15-,16+/m0/s1. The summed E-state index contributed by atoms with van der Waals surface area (Å²) in [5.41, 5.74) is 0.839. The van der Waals surface area contributed by atoms with E-state index in [9.17, 15) is 17.6 Å². The molecule has 2 heterocycles. The first kappa shape index (κ1) is 20.4. The number of rotatable bonds is 7. The van der Waals surface area contributed by atoms with Gasteiger partial charge in [-0.15, -0.1) is 11.3 Å². The van der Waals surface area contributed by atoms with Crippen molar-refractivity contribution in [2.45, 2.75) is 44.1 Å². The number of benzene rings is 1. The number of nitrogens with one attached hydrogen (secondary N) is 2. The zero-order valence-corrected chi connectivity index (χ0v) is 16.6. The van der Waals surface area contributed by atoms with Crippen molar-refractivity contribution >= 4 is 33.3 Å². The third kappa shape index (κ3) is 5.19. The molecule has 4 nitrogen and oxygen atoms in total. The van der Waals surface area contributed by atoms with Gasteiger partial charge in [-0.2, -0.15) is 13.2 Å². The Morgan fingerprint density at radius 1 is 1.28 bits per heavy atom. The Morgan fingerprint density at radius 2 is 2.10 bits per heavy atom. The number of nitrogens with zero attached hydrogens (tertiary/aromatic N) is 1. The van der Waals surface area contributed by atoms with Crippen LogP contribution in [0, 0.1) is 5.92 Å². The lowest BCUT2D eigenvalue weighted by Gasteiger charge is -2.28. The van der Waals surface area contributed by atoms with Gasteiger partial charge in [-0.3, -0.25) is 0 Å². The van der Waals surface area contributed by atoms with E-state index in [4.69, 9.17) is 4.84 Å². The van der Waals surface area contributed by atoms with E-state index < -0.39 is 18.8 Å². The van der Waals surface area contributed by atoms with Gasteiger partial charge in [0.1, 0.15) is 12.8 Å². The van der Waals surface area contributed by atoms with Crippen LogP contribution in [0.15, 0.2) is 23.4 Å². The lowest BCUT2D eigenvalue weighted by atomic mass is 10.0. The molecule has 0 amide bonds. The van der Waals surface area contributed by atoms with Gasteiger partial charge in [0.25, 0.3) is 0 Å². The van der Waals surface area contributed by atoms with Crippen molar-refractivity contribution in [1.82, 2.24) is 5.32 Å². The maximum absolute atomic E-state index is 14.2. The normalized spacial score (nSPS) is 23.0. The minimum absolute atomic E-state index is 0.182. The number of alkyl halides is 4. The average molecular weight is 429 g/mol. The average Bonchev–Trinajstić information content (AvgIpc) is 3.43. The number of piperidine rings is 1. The molecule has 1 saturated carbocycles. The Balaban J connectivity index is 1.64. The highest BCUT2D eigenvalue weighted by molar-refractivity contribution is 7.21. The number of hydrogen-bond donors (Lipinski definition) is 2. The first-order valence-electron chi connectivity index (χ1n) is 9.78. The zero-order chi connectivity index (χ0) is 20.4. The minimum Gasteiger partial charge on any atom is -0.395 e. The van der Waals surface area contributed by atoms with Crippen molar-refractivity contribution in [2.24, 2.45) is 11.1 Å². The predicted molar refractivity (Wildman–Crippen MR) is 108 cm³/mol. The fraction of sp³-hybridized carbons (Fsp3) is 0.550. The summed E-state index contributed by atoms with van der Waals surface area (Å²) in [6, 6.07) is 4.80. The van der Waals surface area contributed by atoms with Crippen LogP contribution in [-0.4, -0.2) is 44.3 Å². The Kier molecular flexibility index (Phi) is 5.96. The van der Waals surface area contributed by atoms with E-state index in [1.807, 2.05) is 0 Å². The summed E-state index contributed by atoms with van der Waals surface area (Å²) < 4.78 is 54.5. The molecule has 4 rings (SSSR count). The Hall–Kier alpha value is -1.87. The molecule has 29 heavy (non-hydrogen) atoms. The number of fused-ring (bicyclic) bond motifs is 1. The van der Waals surface area contributed by atoms with E-state index in [0.717, 1.165) is 12.8 Å². The molecular weight excluding hydrogens is 406 g/mol. The zero-order valence-electron chi connectivity index (χ0n) is 15.8. The number of oxime groups is 1. The maximum atomic E-state index is 14.2. The van der Waals surface area contributed by atoms with Gasteiger partial charge in [-0.25, -0.2) is 4.39 Å². The van der Waals surface area contributed by atoms with E-state index in [2.05, 4.69) is 15.8 Å². The van der Waals surface area contributed by atoms with Crippen molar-refractivity contribution in [1.29, 1.82) is 0 Å². The molecule has 2 N–H and O–H groups in total. The fourth-order valence-corrected chi connectivity index (χ4v) is 4.65. The number of halogens is 4. The molecular formula is C20H23F4N3OS. The second-order valence-corrected chi connectivity index (χ2v) is 8.70. The first-order valence-corrected chi connectivity index (χ1v) is 10.6. The van der Waals surface area contributed by atoms with E-state index in [0.29, 0.717) is 46.1 Å². The molecule has 1 aromatic heterocycles. The highest BCUT2D eigenvalue weighted by Crippen LogP contribution is 2.39. The largest absolute Gasteiger partial charge is 0.395 e. The molecule has 0 bridgehead atoms. The van der Waals surface area contributed by atoms with Crippen molar-refractivity contribution in [3.05, 3.63) is 28.6 Å². The molecule has 1 saturated heterocycles. The number of hydrogen-bond acceptors (Lipinski definition) is 5. The quantitative estimate of drug-likeness (QED) is 0.375. The third-order valence-electron chi connectivity index (χ3n) is 5.23. The maximum Gasteiger partial charge on any atom is 0.393 e. The van der Waals surface area contributed by atoms with Crippen molar-refractivity contribution in [3.63, 3.8) is 0 Å². The topological polar surface area (TPSA) is 45.7 Å². The van der Waals surface area contributed by atoms with E-state index in [1.165, 1.54) is 17.6 Å². The van der Waals surface area contributed by atoms with Gasteiger partial charge < -0.3 is 15.5 Å². The van der Waals surface area contributed by atoms with Crippen molar-refractivity contribution in [2.75, 3.05) is 25.0 Å². The lowest BCUT2D eigenvalue weighted by molar-refractivity contribution is -0.126. The van der Waals surface area contributed by atoms with E-state index >= 15 is 0 Å². The van der Waals surface area contributed by atoms with E-state index in [1.54, 1.807) is 18.2 Å². The number of anilines is 1. The molecule has 1 aliphatic heterocycles. The summed E-state index contributed by atoms with van der Waals surface area (Å²) in [6.07, 6.45) is -2.22. The van der Waals surface area contributed by atoms with Gasteiger partial charge in [0, 0.05) is 6.54 Å². The van der Waals surface area contributed by atoms with Crippen LogP contribution in [0.5, 0.6) is 0 Å². The molecule has 0 unspecified atom stereocenters. The molecule has 158 valence electrons. The Labute approximate surface area is 170 Å². The van der Waals surface area contributed by atoms with Crippen LogP contribution in [0.3, 0.4) is 0 Å². The van der Waals surface area contributed by atoms with Gasteiger partial charge >= 0.3 is 6.18 Å². The molecule has 2 aromatic rings. The molecule has 2 atom stereocenters. The lowest BCUT2D eigenvalue weighted by Crippen LogP contribution is -2.45. The van der Waals surface area contributed by atoms with Crippen LogP contribution in [-0.2, 0) is 11.3 Å². The molecule has 9 heteroatoms. The highest BCUT2D eigenvalue weighted by atomic mass is 32.1. The summed E-state index contributed by atoms with van der Waals surface area (Å²) >= 11 is 1.23. The molecule has 1 aliphatic carbocycles. The highest BCUT2D eigenvalue weighted by Gasteiger charge is 2.32. The molecule has 2 aliphatic rings. The van der Waals surface area contributed by atoms with Crippen LogP contribution in [0.25, 0.3) is 10.1 Å². The molecule has 1 aromatic carbocycles. The van der Waals surface area contributed by atoms with Crippen molar-refractivity contribution in [3.8, 4) is 0 Å². The van der Waals surface area contributed by atoms with E-state index in [-0.39, 0.29) is 18.2 Å². The van der Waals surface area contributed by atoms with Crippen LogP contribution in [0.1, 0.15) is 29.7 Å². The van der Waals surface area contributed by atoms with Crippen LogP contribution in [0.4, 0.5) is 23.2 Å².